The van der Waals surface area contributed by atoms with Crippen LogP contribution in [-0.2, 0) is 10.0 Å². The van der Waals surface area contributed by atoms with E-state index in [4.69, 9.17) is 9.47 Å². The lowest BCUT2D eigenvalue weighted by atomic mass is 10.1. The largest absolute Gasteiger partial charge is 0.497 e. The summed E-state index contributed by atoms with van der Waals surface area (Å²) in [5, 5.41) is 0. The number of hydrogen-bond donors (Lipinski definition) is 1. The summed E-state index contributed by atoms with van der Waals surface area (Å²) in [5.74, 6) is 1.35. The van der Waals surface area contributed by atoms with Crippen LogP contribution in [0, 0.1) is 0 Å². The van der Waals surface area contributed by atoms with Crippen molar-refractivity contribution >= 4 is 10.0 Å². The minimum Gasteiger partial charge on any atom is -0.497 e. The number of benzene rings is 2. The average molecular weight is 335 g/mol. The van der Waals surface area contributed by atoms with E-state index in [0.717, 1.165) is 11.3 Å². The highest BCUT2D eigenvalue weighted by atomic mass is 32.2. The Kier molecular flexibility index (Phi) is 5.63. The first-order valence-electron chi connectivity index (χ1n) is 7.30. The van der Waals surface area contributed by atoms with Gasteiger partial charge in [-0.25, -0.2) is 13.1 Å². The van der Waals surface area contributed by atoms with Gasteiger partial charge in [0.05, 0.1) is 19.1 Å². The quantitative estimate of drug-likeness (QED) is 0.844. The first-order valence-corrected chi connectivity index (χ1v) is 8.78. The van der Waals surface area contributed by atoms with Crippen LogP contribution in [0.5, 0.6) is 11.5 Å². The van der Waals surface area contributed by atoms with E-state index in [2.05, 4.69) is 4.72 Å². The third-order valence-corrected chi connectivity index (χ3v) is 5.08. The van der Waals surface area contributed by atoms with Crippen molar-refractivity contribution in [2.24, 2.45) is 0 Å². The molecular formula is C17H21NO4S. The topological polar surface area (TPSA) is 64.6 Å². The van der Waals surface area contributed by atoms with Crippen LogP contribution in [0.4, 0.5) is 0 Å². The number of sulfonamides is 1. The molecule has 1 N–H and O–H groups in total. The summed E-state index contributed by atoms with van der Waals surface area (Å²) in [5.41, 5.74) is 0.894. The standard InChI is InChI=1S/C17H21NO4S/c1-4-17(13-5-7-14(21-2)8-6-13)18-23(19,20)16-11-9-15(22-3)10-12-16/h5-12,17-18H,4H2,1-3H3/t17-/m1/s1. The molecule has 2 rings (SSSR count). The van der Waals surface area contributed by atoms with Gasteiger partial charge in [0.1, 0.15) is 11.5 Å². The molecule has 2 aromatic rings. The summed E-state index contributed by atoms with van der Waals surface area (Å²) in [7, 11) is -0.461. The van der Waals surface area contributed by atoms with Crippen LogP contribution >= 0.6 is 0 Å². The monoisotopic (exact) mass is 335 g/mol. The van der Waals surface area contributed by atoms with Gasteiger partial charge in [0.2, 0.25) is 10.0 Å². The third-order valence-electron chi connectivity index (χ3n) is 3.59. The number of ether oxygens (including phenoxy) is 2. The predicted molar refractivity (Wildman–Crippen MR) is 89.3 cm³/mol. The Morgan fingerprint density at radius 3 is 1.83 bits per heavy atom. The summed E-state index contributed by atoms with van der Waals surface area (Å²) in [4.78, 5) is 0.213. The first-order chi connectivity index (χ1) is 11.0. The number of rotatable bonds is 7. The summed E-state index contributed by atoms with van der Waals surface area (Å²) >= 11 is 0. The van der Waals surface area contributed by atoms with E-state index < -0.39 is 10.0 Å². The fraction of sp³-hybridized carbons (Fsp3) is 0.294. The van der Waals surface area contributed by atoms with Gasteiger partial charge in [0.25, 0.3) is 0 Å². The zero-order valence-corrected chi connectivity index (χ0v) is 14.3. The molecule has 0 aromatic heterocycles. The molecule has 0 saturated carbocycles. The molecule has 0 fully saturated rings. The molecule has 5 nitrogen and oxygen atoms in total. The maximum absolute atomic E-state index is 12.5. The van der Waals surface area contributed by atoms with Gasteiger partial charge in [0, 0.05) is 6.04 Å². The molecule has 1 atom stereocenters. The van der Waals surface area contributed by atoms with Crippen LogP contribution in [0.3, 0.4) is 0 Å². The second-order valence-corrected chi connectivity index (χ2v) is 6.74. The Morgan fingerprint density at radius 2 is 1.39 bits per heavy atom. The van der Waals surface area contributed by atoms with Crippen molar-refractivity contribution in [2.75, 3.05) is 14.2 Å². The van der Waals surface area contributed by atoms with Crippen LogP contribution in [0.1, 0.15) is 24.9 Å². The number of methoxy groups -OCH3 is 2. The minimum absolute atomic E-state index is 0.213. The van der Waals surface area contributed by atoms with Crippen LogP contribution < -0.4 is 14.2 Å². The van der Waals surface area contributed by atoms with Crippen LogP contribution in [0.2, 0.25) is 0 Å². The highest BCUT2D eigenvalue weighted by Gasteiger charge is 2.20. The van der Waals surface area contributed by atoms with Crippen molar-refractivity contribution < 1.29 is 17.9 Å². The maximum atomic E-state index is 12.5. The molecule has 2 aromatic carbocycles. The zero-order chi connectivity index (χ0) is 16.9. The molecule has 23 heavy (non-hydrogen) atoms. The maximum Gasteiger partial charge on any atom is 0.241 e. The summed E-state index contributed by atoms with van der Waals surface area (Å²) in [6.45, 7) is 1.94. The molecule has 0 amide bonds. The number of nitrogens with one attached hydrogen (secondary N) is 1. The van der Waals surface area contributed by atoms with Gasteiger partial charge in [-0.05, 0) is 48.4 Å². The second-order valence-electron chi connectivity index (χ2n) is 5.03. The summed E-state index contributed by atoms with van der Waals surface area (Å²) in [6, 6.07) is 13.4. The lowest BCUT2D eigenvalue weighted by molar-refractivity contribution is 0.414. The lowest BCUT2D eigenvalue weighted by Gasteiger charge is -2.18. The van der Waals surface area contributed by atoms with E-state index >= 15 is 0 Å². The SMILES string of the molecule is CC[C@@H](NS(=O)(=O)c1ccc(OC)cc1)c1ccc(OC)cc1. The van der Waals surface area contributed by atoms with Crippen LogP contribution in [-0.4, -0.2) is 22.6 Å². The molecule has 0 bridgehead atoms. The Morgan fingerprint density at radius 1 is 0.913 bits per heavy atom. The molecule has 0 radical (unpaired) electrons. The van der Waals surface area contributed by atoms with Gasteiger partial charge in [0.15, 0.2) is 0 Å². The predicted octanol–water partition coefficient (Wildman–Crippen LogP) is 3.13. The Balaban J connectivity index is 2.21. The summed E-state index contributed by atoms with van der Waals surface area (Å²) in [6.07, 6.45) is 0.641. The molecule has 0 unspecified atom stereocenters. The molecule has 0 spiro atoms. The smallest absolute Gasteiger partial charge is 0.241 e. The fourth-order valence-corrected chi connectivity index (χ4v) is 3.54. The average Bonchev–Trinajstić information content (AvgIpc) is 2.60. The van der Waals surface area contributed by atoms with Crippen molar-refractivity contribution in [2.45, 2.75) is 24.3 Å². The van der Waals surface area contributed by atoms with Gasteiger partial charge in [-0.2, -0.15) is 0 Å². The molecule has 0 aliphatic carbocycles. The minimum atomic E-state index is -3.60. The van der Waals surface area contributed by atoms with Crippen molar-refractivity contribution in [1.29, 1.82) is 0 Å². The van der Waals surface area contributed by atoms with E-state index in [1.807, 2.05) is 31.2 Å². The van der Waals surface area contributed by atoms with E-state index in [1.54, 1.807) is 26.4 Å². The van der Waals surface area contributed by atoms with Crippen molar-refractivity contribution in [3.05, 3.63) is 54.1 Å². The highest BCUT2D eigenvalue weighted by Crippen LogP contribution is 2.23. The highest BCUT2D eigenvalue weighted by molar-refractivity contribution is 7.89. The van der Waals surface area contributed by atoms with Crippen LogP contribution in [0.15, 0.2) is 53.4 Å². The van der Waals surface area contributed by atoms with Gasteiger partial charge in [-0.3, -0.25) is 0 Å². The Labute approximate surface area is 137 Å². The molecule has 6 heteroatoms. The molecule has 0 aliphatic heterocycles. The number of hydrogen-bond acceptors (Lipinski definition) is 4. The molecule has 124 valence electrons. The van der Waals surface area contributed by atoms with Crippen LogP contribution in [0.25, 0.3) is 0 Å². The molecular weight excluding hydrogens is 314 g/mol. The molecule has 0 saturated heterocycles. The van der Waals surface area contributed by atoms with E-state index in [0.29, 0.717) is 12.2 Å². The van der Waals surface area contributed by atoms with E-state index in [-0.39, 0.29) is 10.9 Å². The van der Waals surface area contributed by atoms with E-state index in [1.165, 1.54) is 12.1 Å². The first kappa shape index (κ1) is 17.3. The van der Waals surface area contributed by atoms with Crippen molar-refractivity contribution in [3.63, 3.8) is 0 Å². The van der Waals surface area contributed by atoms with E-state index in [9.17, 15) is 8.42 Å². The van der Waals surface area contributed by atoms with Crippen molar-refractivity contribution in [1.82, 2.24) is 4.72 Å². The summed E-state index contributed by atoms with van der Waals surface area (Å²) < 4.78 is 38.0. The molecule has 0 aliphatic rings. The second kappa shape index (κ2) is 7.48. The van der Waals surface area contributed by atoms with Gasteiger partial charge in [-0.15, -0.1) is 0 Å². The van der Waals surface area contributed by atoms with Crippen molar-refractivity contribution in [3.8, 4) is 11.5 Å². The molecule has 0 heterocycles. The third kappa shape index (κ3) is 4.24. The van der Waals surface area contributed by atoms with Gasteiger partial charge < -0.3 is 9.47 Å². The van der Waals surface area contributed by atoms with Gasteiger partial charge in [-0.1, -0.05) is 19.1 Å². The lowest BCUT2D eigenvalue weighted by Crippen LogP contribution is -2.28. The normalized spacial score (nSPS) is 12.7. The zero-order valence-electron chi connectivity index (χ0n) is 13.4. The Hall–Kier alpha value is -2.05. The Bertz CT molecular complexity index is 724. The fourth-order valence-electron chi connectivity index (χ4n) is 2.23. The van der Waals surface area contributed by atoms with Gasteiger partial charge >= 0.3 is 0 Å².